The summed E-state index contributed by atoms with van der Waals surface area (Å²) in [7, 11) is 0. The van der Waals surface area contributed by atoms with Crippen LogP contribution in [0.1, 0.15) is 37.3 Å². The van der Waals surface area contributed by atoms with Crippen LogP contribution in [0, 0.1) is 5.92 Å². The molecule has 1 saturated carbocycles. The zero-order valence-electron chi connectivity index (χ0n) is 11.8. The monoisotopic (exact) mass is 303 g/mol. The molecule has 2 heterocycles. The molecule has 1 unspecified atom stereocenters. The van der Waals surface area contributed by atoms with Gasteiger partial charge in [-0.1, -0.05) is 12.8 Å². The Kier molecular flexibility index (Phi) is 3.92. The SMILES string of the molecule is NCC(C1CCCC1)N1CCn2c(nnc2C(F)(F)F)C1. The summed E-state index contributed by atoms with van der Waals surface area (Å²) >= 11 is 0. The third kappa shape index (κ3) is 2.78. The van der Waals surface area contributed by atoms with Gasteiger partial charge in [0.2, 0.25) is 5.82 Å². The van der Waals surface area contributed by atoms with E-state index in [9.17, 15) is 13.2 Å². The van der Waals surface area contributed by atoms with Crippen LogP contribution in [-0.4, -0.2) is 38.8 Å². The van der Waals surface area contributed by atoms with E-state index in [1.807, 2.05) is 0 Å². The zero-order chi connectivity index (χ0) is 15.0. The number of aromatic nitrogens is 3. The molecule has 1 aliphatic heterocycles. The molecule has 0 aromatic carbocycles. The molecular formula is C13H20F3N5. The number of halogens is 3. The zero-order valence-corrected chi connectivity index (χ0v) is 11.8. The van der Waals surface area contributed by atoms with Gasteiger partial charge in [0, 0.05) is 25.7 Å². The maximum absolute atomic E-state index is 12.8. The van der Waals surface area contributed by atoms with Crippen LogP contribution in [0.25, 0.3) is 0 Å². The number of hydrogen-bond acceptors (Lipinski definition) is 4. The normalized spacial score (nSPS) is 22.5. The lowest BCUT2D eigenvalue weighted by Crippen LogP contribution is -2.48. The van der Waals surface area contributed by atoms with Gasteiger partial charge in [-0.3, -0.25) is 4.90 Å². The van der Waals surface area contributed by atoms with Gasteiger partial charge >= 0.3 is 6.18 Å². The number of alkyl halides is 3. The number of rotatable bonds is 3. The molecule has 3 rings (SSSR count). The Hall–Kier alpha value is -1.15. The molecule has 5 nitrogen and oxygen atoms in total. The second-order valence-corrected chi connectivity index (χ2v) is 5.91. The highest BCUT2D eigenvalue weighted by Gasteiger charge is 2.40. The number of hydrogen-bond donors (Lipinski definition) is 1. The fourth-order valence-electron chi connectivity index (χ4n) is 3.65. The molecule has 0 bridgehead atoms. The van der Waals surface area contributed by atoms with Gasteiger partial charge < -0.3 is 10.3 Å². The van der Waals surface area contributed by atoms with E-state index in [0.29, 0.717) is 31.4 Å². The third-order valence-corrected chi connectivity index (χ3v) is 4.69. The van der Waals surface area contributed by atoms with Crippen molar-refractivity contribution in [3.05, 3.63) is 11.6 Å². The minimum absolute atomic E-state index is 0.243. The van der Waals surface area contributed by atoms with Crippen molar-refractivity contribution in [3.8, 4) is 0 Å². The van der Waals surface area contributed by atoms with Gasteiger partial charge in [-0.05, 0) is 18.8 Å². The average molecular weight is 303 g/mol. The van der Waals surface area contributed by atoms with Gasteiger partial charge in [0.15, 0.2) is 0 Å². The Morgan fingerprint density at radius 3 is 2.52 bits per heavy atom. The van der Waals surface area contributed by atoms with Crippen molar-refractivity contribution in [2.45, 2.75) is 51.0 Å². The van der Waals surface area contributed by atoms with Gasteiger partial charge in [-0.2, -0.15) is 13.2 Å². The molecule has 1 aromatic heterocycles. The Morgan fingerprint density at radius 2 is 1.90 bits per heavy atom. The quantitative estimate of drug-likeness (QED) is 0.922. The maximum atomic E-state index is 12.8. The number of nitrogens with zero attached hydrogens (tertiary/aromatic N) is 4. The molecule has 2 aliphatic rings. The van der Waals surface area contributed by atoms with Crippen molar-refractivity contribution < 1.29 is 13.2 Å². The molecule has 1 fully saturated rings. The number of fused-ring (bicyclic) bond motifs is 1. The molecule has 118 valence electrons. The van der Waals surface area contributed by atoms with E-state index in [-0.39, 0.29) is 12.6 Å². The molecule has 1 aromatic rings. The summed E-state index contributed by atoms with van der Waals surface area (Å²) in [4.78, 5) is 2.18. The summed E-state index contributed by atoms with van der Waals surface area (Å²) in [6.45, 7) is 1.80. The van der Waals surface area contributed by atoms with Crippen molar-refractivity contribution in [1.82, 2.24) is 19.7 Å². The highest BCUT2D eigenvalue weighted by Crippen LogP contribution is 2.33. The first-order valence-electron chi connectivity index (χ1n) is 7.44. The van der Waals surface area contributed by atoms with Crippen molar-refractivity contribution in [2.24, 2.45) is 11.7 Å². The summed E-state index contributed by atoms with van der Waals surface area (Å²) in [5.41, 5.74) is 5.91. The summed E-state index contributed by atoms with van der Waals surface area (Å²) < 4.78 is 39.7. The molecule has 0 saturated heterocycles. The summed E-state index contributed by atoms with van der Waals surface area (Å²) in [5, 5.41) is 7.04. The second kappa shape index (κ2) is 5.57. The Bertz CT molecular complexity index is 492. The smallest absolute Gasteiger partial charge is 0.329 e. The van der Waals surface area contributed by atoms with Crippen LogP contribution in [0.5, 0.6) is 0 Å². The molecular weight excluding hydrogens is 283 g/mol. The predicted molar refractivity (Wildman–Crippen MR) is 70.2 cm³/mol. The van der Waals surface area contributed by atoms with E-state index < -0.39 is 12.0 Å². The Morgan fingerprint density at radius 1 is 1.19 bits per heavy atom. The molecule has 21 heavy (non-hydrogen) atoms. The Balaban J connectivity index is 1.76. The molecule has 1 atom stereocenters. The van der Waals surface area contributed by atoms with Crippen LogP contribution in [0.4, 0.5) is 13.2 Å². The van der Waals surface area contributed by atoms with Gasteiger partial charge in [-0.15, -0.1) is 10.2 Å². The predicted octanol–water partition coefficient (Wildman–Crippen LogP) is 1.63. The molecule has 0 spiro atoms. The molecule has 1 aliphatic carbocycles. The van der Waals surface area contributed by atoms with Gasteiger partial charge in [0.05, 0.1) is 6.54 Å². The maximum Gasteiger partial charge on any atom is 0.451 e. The van der Waals surface area contributed by atoms with Crippen molar-refractivity contribution >= 4 is 0 Å². The van der Waals surface area contributed by atoms with Crippen molar-refractivity contribution in [2.75, 3.05) is 13.1 Å². The first kappa shape index (κ1) is 14.8. The van der Waals surface area contributed by atoms with E-state index in [2.05, 4.69) is 15.1 Å². The first-order chi connectivity index (χ1) is 10.0. The van der Waals surface area contributed by atoms with E-state index >= 15 is 0 Å². The fourth-order valence-corrected chi connectivity index (χ4v) is 3.65. The fraction of sp³-hybridized carbons (Fsp3) is 0.846. The molecule has 2 N–H and O–H groups in total. The standard InChI is InChI=1S/C13H20F3N5/c14-13(15,16)12-19-18-11-8-20(5-6-21(11)12)10(7-17)9-3-1-2-4-9/h9-10H,1-8,17H2. The van der Waals surface area contributed by atoms with Gasteiger partial charge in [0.1, 0.15) is 5.82 Å². The summed E-state index contributed by atoms with van der Waals surface area (Å²) in [5.74, 6) is 0.0684. The van der Waals surface area contributed by atoms with Crippen LogP contribution in [-0.2, 0) is 19.3 Å². The van der Waals surface area contributed by atoms with Crippen LogP contribution in [0.2, 0.25) is 0 Å². The van der Waals surface area contributed by atoms with Crippen LogP contribution < -0.4 is 5.73 Å². The number of nitrogens with two attached hydrogens (primary N) is 1. The summed E-state index contributed by atoms with van der Waals surface area (Å²) in [6, 6.07) is 0.243. The third-order valence-electron chi connectivity index (χ3n) is 4.69. The minimum Gasteiger partial charge on any atom is -0.329 e. The second-order valence-electron chi connectivity index (χ2n) is 5.91. The highest BCUT2D eigenvalue weighted by atomic mass is 19.4. The van der Waals surface area contributed by atoms with Crippen molar-refractivity contribution in [1.29, 1.82) is 0 Å². The molecule has 8 heteroatoms. The van der Waals surface area contributed by atoms with Crippen LogP contribution in [0.3, 0.4) is 0 Å². The van der Waals surface area contributed by atoms with Gasteiger partial charge in [0.25, 0.3) is 0 Å². The average Bonchev–Trinajstić information content (AvgIpc) is 3.06. The first-order valence-corrected chi connectivity index (χ1v) is 7.44. The topological polar surface area (TPSA) is 60.0 Å². The minimum atomic E-state index is -4.44. The van der Waals surface area contributed by atoms with E-state index in [1.165, 1.54) is 30.3 Å². The Labute approximate surface area is 121 Å². The largest absolute Gasteiger partial charge is 0.451 e. The van der Waals surface area contributed by atoms with Crippen LogP contribution in [0.15, 0.2) is 0 Å². The lowest BCUT2D eigenvalue weighted by molar-refractivity contribution is -0.148. The highest BCUT2D eigenvalue weighted by molar-refractivity contribution is 5.03. The summed E-state index contributed by atoms with van der Waals surface area (Å²) in [6.07, 6.45) is 0.344. The molecule has 0 radical (unpaired) electrons. The van der Waals surface area contributed by atoms with E-state index in [4.69, 9.17) is 5.73 Å². The van der Waals surface area contributed by atoms with E-state index in [1.54, 1.807) is 0 Å². The van der Waals surface area contributed by atoms with Crippen LogP contribution >= 0.6 is 0 Å². The van der Waals surface area contributed by atoms with E-state index in [0.717, 1.165) is 0 Å². The van der Waals surface area contributed by atoms with Gasteiger partial charge in [-0.25, -0.2) is 0 Å². The van der Waals surface area contributed by atoms with Crippen molar-refractivity contribution in [3.63, 3.8) is 0 Å². The lowest BCUT2D eigenvalue weighted by atomic mass is 9.96. The molecule has 0 amide bonds. The lowest BCUT2D eigenvalue weighted by Gasteiger charge is -2.37.